The van der Waals surface area contributed by atoms with Gasteiger partial charge >= 0.3 is 127 Å². The van der Waals surface area contributed by atoms with Crippen molar-refractivity contribution in [2.24, 2.45) is 5.92 Å². The van der Waals surface area contributed by atoms with Gasteiger partial charge in [0.25, 0.3) is 0 Å². The van der Waals surface area contributed by atoms with Crippen molar-refractivity contribution >= 4 is 24.7 Å². The molecule has 100 valence electrons. The number of aromatic nitrogens is 1. The summed E-state index contributed by atoms with van der Waals surface area (Å²) in [5.41, 5.74) is 2.58. The van der Waals surface area contributed by atoms with Gasteiger partial charge in [0.15, 0.2) is 0 Å². The number of nitrogens with zero attached hydrogens (tertiary/aromatic N) is 1. The Kier molecular flexibility index (Phi) is 5.89. The van der Waals surface area contributed by atoms with E-state index in [2.05, 4.69) is 28.9 Å². The Morgan fingerprint density at radius 1 is 1.56 bits per heavy atom. The fourth-order valence-corrected chi connectivity index (χ4v) is 3.07. The molecule has 1 heterocycles. The Morgan fingerprint density at radius 2 is 2.39 bits per heavy atom. The first-order chi connectivity index (χ1) is 8.79. The molecule has 0 spiro atoms. The van der Waals surface area contributed by atoms with E-state index in [-0.39, 0.29) is 24.4 Å². The van der Waals surface area contributed by atoms with Crippen LogP contribution in [0.3, 0.4) is 0 Å². The van der Waals surface area contributed by atoms with Crippen LogP contribution < -0.4 is 23.0 Å². The predicted octanol–water partition coefficient (Wildman–Crippen LogP) is -1.15. The van der Waals surface area contributed by atoms with Crippen LogP contribution in [0.1, 0.15) is 11.1 Å². The number of ether oxygens (including phenoxy) is 1. The van der Waals surface area contributed by atoms with Crippen molar-refractivity contribution in [1.82, 2.24) is 10.3 Å². The van der Waals surface area contributed by atoms with Crippen molar-refractivity contribution in [2.75, 3.05) is 13.3 Å². The SMILES string of the molecule is O=C(NCO[I-]I)OCC1Cc2ccncc2C1. The molecule has 1 aliphatic carbocycles. The van der Waals surface area contributed by atoms with Gasteiger partial charge in [-0.05, 0) is 0 Å². The van der Waals surface area contributed by atoms with Crippen molar-refractivity contribution in [3.8, 4) is 0 Å². The normalized spacial score (nSPS) is 17.5. The molecule has 1 aromatic rings. The van der Waals surface area contributed by atoms with Crippen LogP contribution in [0.15, 0.2) is 18.5 Å². The second-order valence-electron chi connectivity index (χ2n) is 4.01. The molecule has 0 aliphatic heterocycles. The van der Waals surface area contributed by atoms with Gasteiger partial charge in [-0.25, -0.2) is 0 Å². The summed E-state index contributed by atoms with van der Waals surface area (Å²) in [6.45, 7) is 0.684. The predicted molar refractivity (Wildman–Crippen MR) is 69.6 cm³/mol. The van der Waals surface area contributed by atoms with Crippen LogP contribution in [-0.4, -0.2) is 24.4 Å². The van der Waals surface area contributed by atoms with E-state index in [1.54, 1.807) is 6.20 Å². The molecule has 1 N–H and O–H groups in total. The zero-order valence-corrected chi connectivity index (χ0v) is 13.9. The van der Waals surface area contributed by atoms with Crippen LogP contribution in [0.5, 0.6) is 0 Å². The summed E-state index contributed by atoms with van der Waals surface area (Å²) in [6.07, 6.45) is 5.19. The fourth-order valence-electron chi connectivity index (χ4n) is 2.00. The van der Waals surface area contributed by atoms with Gasteiger partial charge in [-0.15, -0.1) is 0 Å². The number of hydrogen-bond acceptors (Lipinski definition) is 4. The molecule has 0 saturated heterocycles. The van der Waals surface area contributed by atoms with Crippen LogP contribution in [0, 0.1) is 5.92 Å². The first-order valence-corrected chi connectivity index (χ1v) is 12.7. The number of nitrogens with one attached hydrogen (secondary N) is 1. The zero-order valence-electron chi connectivity index (χ0n) is 9.57. The van der Waals surface area contributed by atoms with E-state index in [4.69, 9.17) is 7.80 Å². The molecule has 2 rings (SSSR count). The van der Waals surface area contributed by atoms with E-state index in [1.165, 1.54) is 11.1 Å². The summed E-state index contributed by atoms with van der Waals surface area (Å²) in [7, 11) is 0. The molecule has 0 radical (unpaired) electrons. The monoisotopic (exact) mass is 475 g/mol. The molecule has 0 fully saturated rings. The van der Waals surface area contributed by atoms with Gasteiger partial charge < -0.3 is 0 Å². The van der Waals surface area contributed by atoms with Crippen LogP contribution in [-0.2, 0) is 20.6 Å². The summed E-state index contributed by atoms with van der Waals surface area (Å²) in [5, 5.41) is 2.56. The van der Waals surface area contributed by atoms with Gasteiger partial charge in [0.2, 0.25) is 0 Å². The number of alkyl carbamates (subject to hydrolysis) is 1. The van der Waals surface area contributed by atoms with Crippen LogP contribution in [0.4, 0.5) is 4.79 Å². The van der Waals surface area contributed by atoms with Gasteiger partial charge in [0.05, 0.1) is 0 Å². The topological polar surface area (TPSA) is 60.5 Å². The van der Waals surface area contributed by atoms with Gasteiger partial charge in [-0.3, -0.25) is 0 Å². The molecule has 1 aliphatic rings. The summed E-state index contributed by atoms with van der Waals surface area (Å²) < 4.78 is 10.3. The van der Waals surface area contributed by atoms with Gasteiger partial charge in [0, 0.05) is 0 Å². The summed E-state index contributed by atoms with van der Waals surface area (Å²) in [6, 6.07) is 2.04. The second kappa shape index (κ2) is 7.43. The maximum atomic E-state index is 11.3. The van der Waals surface area contributed by atoms with E-state index in [9.17, 15) is 4.79 Å². The first kappa shape index (κ1) is 14.3. The Labute approximate surface area is 126 Å². The number of carbonyl (C=O) groups excluding carboxylic acids is 1. The summed E-state index contributed by atoms with van der Waals surface area (Å²) in [4.78, 5) is 15.4. The Morgan fingerprint density at radius 3 is 3.17 bits per heavy atom. The standard InChI is InChI=1S/C11H13I2N2O3/c12-13-18-7-15-11(16)17-6-8-3-9-1-2-14-5-10(9)4-8/h1-2,5,8H,3-4,6-7H2,(H,15,16)/q-1. The van der Waals surface area contributed by atoms with E-state index >= 15 is 0 Å². The molecule has 1 amide bonds. The minimum atomic E-state index is -0.405. The van der Waals surface area contributed by atoms with E-state index in [0.29, 0.717) is 12.5 Å². The average molecular weight is 475 g/mol. The Hall–Kier alpha value is -0.160. The minimum absolute atomic E-state index is 0.240. The summed E-state index contributed by atoms with van der Waals surface area (Å²) >= 11 is 1.89. The van der Waals surface area contributed by atoms with Crippen LogP contribution in [0.2, 0.25) is 0 Å². The van der Waals surface area contributed by atoms with Gasteiger partial charge in [-0.2, -0.15) is 0 Å². The van der Waals surface area contributed by atoms with Crippen molar-refractivity contribution < 1.29 is 30.2 Å². The Balaban J connectivity index is 1.69. The number of pyridine rings is 1. The van der Waals surface area contributed by atoms with Gasteiger partial charge in [-0.1, -0.05) is 0 Å². The third-order valence-electron chi connectivity index (χ3n) is 2.78. The molecule has 1 aromatic heterocycles. The number of halogens is 2. The Bertz CT molecular complexity index is 392. The molecular weight excluding hydrogens is 462 g/mol. The van der Waals surface area contributed by atoms with Crippen molar-refractivity contribution in [3.05, 3.63) is 29.6 Å². The van der Waals surface area contributed by atoms with E-state index in [1.807, 2.05) is 12.3 Å². The van der Waals surface area contributed by atoms with E-state index in [0.717, 1.165) is 12.8 Å². The van der Waals surface area contributed by atoms with Crippen molar-refractivity contribution in [1.29, 1.82) is 0 Å². The number of rotatable bonds is 5. The molecule has 1 unspecified atom stereocenters. The molecule has 0 aromatic carbocycles. The number of hydrogen-bond donors (Lipinski definition) is 1. The van der Waals surface area contributed by atoms with Crippen LogP contribution in [0.25, 0.3) is 0 Å². The first-order valence-electron chi connectivity index (χ1n) is 5.50. The quantitative estimate of drug-likeness (QED) is 0.333. The second-order valence-corrected chi connectivity index (χ2v) is 7.19. The third-order valence-corrected chi connectivity index (χ3v) is 4.91. The van der Waals surface area contributed by atoms with Crippen molar-refractivity contribution in [3.63, 3.8) is 0 Å². The van der Waals surface area contributed by atoms with Gasteiger partial charge in [0.1, 0.15) is 0 Å². The molecule has 5 nitrogen and oxygen atoms in total. The van der Waals surface area contributed by atoms with Crippen molar-refractivity contribution in [2.45, 2.75) is 12.8 Å². The third kappa shape index (κ3) is 4.19. The molecule has 18 heavy (non-hydrogen) atoms. The van der Waals surface area contributed by atoms with E-state index < -0.39 is 6.09 Å². The number of fused-ring (bicyclic) bond motifs is 1. The summed E-state index contributed by atoms with van der Waals surface area (Å²) in [5.74, 6) is 0.368. The van der Waals surface area contributed by atoms with Crippen LogP contribution >= 0.6 is 18.6 Å². The molecule has 0 bridgehead atoms. The molecule has 7 heteroatoms. The number of carbonyl (C=O) groups is 1. The molecule has 1 atom stereocenters. The fraction of sp³-hybridized carbons (Fsp3) is 0.455. The molecule has 0 saturated carbocycles. The zero-order chi connectivity index (χ0) is 12.8. The maximum absolute atomic E-state index is 11.3. The average Bonchev–Trinajstić information content (AvgIpc) is 2.79. The number of amides is 1. The molecular formula is C11H13I2N2O3-.